The lowest BCUT2D eigenvalue weighted by Gasteiger charge is -2.25. The van der Waals surface area contributed by atoms with Crippen LogP contribution in [0.2, 0.25) is 5.02 Å². The second-order valence-corrected chi connectivity index (χ2v) is 7.50. The van der Waals surface area contributed by atoms with Crippen molar-refractivity contribution in [3.05, 3.63) is 33.9 Å². The van der Waals surface area contributed by atoms with Gasteiger partial charge in [0.25, 0.3) is 0 Å². The SMILES string of the molecule is CN(C)C1=C(c2nc3ccc(Cl)cc3s2)C2CCC1C2. The van der Waals surface area contributed by atoms with Gasteiger partial charge in [-0.05, 0) is 49.3 Å². The normalized spacial score (nSPS) is 24.9. The second kappa shape index (κ2) is 4.47. The molecule has 1 aromatic carbocycles. The Bertz CT molecular complexity index is 716. The molecule has 1 fully saturated rings. The first-order valence-corrected chi connectivity index (χ1v) is 8.31. The summed E-state index contributed by atoms with van der Waals surface area (Å²) >= 11 is 7.88. The lowest BCUT2D eigenvalue weighted by atomic mass is 9.96. The number of fused-ring (bicyclic) bond motifs is 3. The maximum absolute atomic E-state index is 6.09. The van der Waals surface area contributed by atoms with Crippen molar-refractivity contribution in [1.82, 2.24) is 9.88 Å². The predicted octanol–water partition coefficient (Wildman–Crippen LogP) is 4.65. The van der Waals surface area contributed by atoms with Crippen LogP contribution in [0.4, 0.5) is 0 Å². The molecule has 1 heterocycles. The molecule has 0 aliphatic heterocycles. The van der Waals surface area contributed by atoms with E-state index in [0.717, 1.165) is 16.5 Å². The molecule has 2 bridgehead atoms. The van der Waals surface area contributed by atoms with Crippen LogP contribution in [-0.2, 0) is 0 Å². The number of allylic oxidation sites excluding steroid dienone is 2. The molecule has 0 N–H and O–H groups in total. The molecular weight excluding hydrogens is 288 g/mol. The van der Waals surface area contributed by atoms with Crippen molar-refractivity contribution in [2.24, 2.45) is 11.8 Å². The molecular formula is C16H17ClN2S. The Morgan fingerprint density at radius 2 is 2.05 bits per heavy atom. The number of hydrogen-bond donors (Lipinski definition) is 0. The van der Waals surface area contributed by atoms with Crippen molar-refractivity contribution in [3.8, 4) is 0 Å². The molecule has 104 valence electrons. The smallest absolute Gasteiger partial charge is 0.122 e. The van der Waals surface area contributed by atoms with E-state index >= 15 is 0 Å². The van der Waals surface area contributed by atoms with E-state index < -0.39 is 0 Å². The quantitative estimate of drug-likeness (QED) is 0.802. The van der Waals surface area contributed by atoms with E-state index in [-0.39, 0.29) is 0 Å². The summed E-state index contributed by atoms with van der Waals surface area (Å²) in [5, 5.41) is 2.00. The minimum Gasteiger partial charge on any atom is -0.380 e. The molecule has 1 aromatic heterocycles. The first-order chi connectivity index (χ1) is 9.63. The fourth-order valence-electron chi connectivity index (χ4n) is 3.82. The van der Waals surface area contributed by atoms with Gasteiger partial charge in [0.2, 0.25) is 0 Å². The van der Waals surface area contributed by atoms with Crippen LogP contribution in [0.1, 0.15) is 24.3 Å². The third kappa shape index (κ3) is 1.80. The van der Waals surface area contributed by atoms with Gasteiger partial charge in [0.05, 0.1) is 10.2 Å². The van der Waals surface area contributed by atoms with Crippen LogP contribution in [0.15, 0.2) is 23.9 Å². The highest BCUT2D eigenvalue weighted by atomic mass is 35.5. The third-order valence-corrected chi connectivity index (χ3v) is 5.85. The van der Waals surface area contributed by atoms with E-state index in [1.807, 2.05) is 18.2 Å². The van der Waals surface area contributed by atoms with Crippen LogP contribution in [-0.4, -0.2) is 24.0 Å². The molecule has 2 nitrogen and oxygen atoms in total. The summed E-state index contributed by atoms with van der Waals surface area (Å²) in [7, 11) is 4.33. The molecule has 0 radical (unpaired) electrons. The maximum Gasteiger partial charge on any atom is 0.122 e. The Morgan fingerprint density at radius 3 is 2.85 bits per heavy atom. The van der Waals surface area contributed by atoms with Crippen molar-refractivity contribution >= 4 is 38.7 Å². The average Bonchev–Trinajstić information content (AvgIpc) is 3.09. The van der Waals surface area contributed by atoms with Gasteiger partial charge in [-0.2, -0.15) is 0 Å². The van der Waals surface area contributed by atoms with Gasteiger partial charge in [-0.1, -0.05) is 11.6 Å². The van der Waals surface area contributed by atoms with E-state index in [1.54, 1.807) is 11.3 Å². The zero-order chi connectivity index (χ0) is 13.9. The summed E-state index contributed by atoms with van der Waals surface area (Å²) in [6, 6.07) is 5.98. The molecule has 0 amide bonds. The topological polar surface area (TPSA) is 16.1 Å². The number of thiazole rings is 1. The molecule has 2 aliphatic rings. The molecule has 0 saturated heterocycles. The van der Waals surface area contributed by atoms with Crippen LogP contribution in [0, 0.1) is 11.8 Å². The molecule has 0 spiro atoms. The van der Waals surface area contributed by atoms with Gasteiger partial charge in [-0.15, -0.1) is 11.3 Å². The molecule has 1 saturated carbocycles. The molecule has 4 heteroatoms. The third-order valence-electron chi connectivity index (χ3n) is 4.57. The molecule has 2 aliphatic carbocycles. The van der Waals surface area contributed by atoms with E-state index in [1.165, 1.54) is 40.2 Å². The maximum atomic E-state index is 6.09. The van der Waals surface area contributed by atoms with Gasteiger partial charge >= 0.3 is 0 Å². The lowest BCUT2D eigenvalue weighted by molar-refractivity contribution is 0.430. The van der Waals surface area contributed by atoms with Gasteiger partial charge in [0.15, 0.2) is 0 Å². The Labute approximate surface area is 128 Å². The van der Waals surface area contributed by atoms with E-state index in [4.69, 9.17) is 16.6 Å². The van der Waals surface area contributed by atoms with Gasteiger partial charge in [-0.3, -0.25) is 0 Å². The zero-order valence-electron chi connectivity index (χ0n) is 11.7. The summed E-state index contributed by atoms with van der Waals surface area (Å²) in [6.45, 7) is 0. The van der Waals surface area contributed by atoms with Crippen molar-refractivity contribution in [2.75, 3.05) is 14.1 Å². The highest BCUT2D eigenvalue weighted by Crippen LogP contribution is 2.53. The highest BCUT2D eigenvalue weighted by molar-refractivity contribution is 7.19. The monoisotopic (exact) mass is 304 g/mol. The first kappa shape index (κ1) is 12.7. The zero-order valence-corrected chi connectivity index (χ0v) is 13.3. The molecule has 2 atom stereocenters. The van der Waals surface area contributed by atoms with Crippen LogP contribution in [0.3, 0.4) is 0 Å². The molecule has 4 rings (SSSR count). The van der Waals surface area contributed by atoms with Gasteiger partial charge in [0, 0.05) is 30.4 Å². The average molecular weight is 305 g/mol. The van der Waals surface area contributed by atoms with Crippen molar-refractivity contribution in [2.45, 2.75) is 19.3 Å². The number of rotatable bonds is 2. The van der Waals surface area contributed by atoms with Crippen LogP contribution < -0.4 is 0 Å². The van der Waals surface area contributed by atoms with E-state index in [9.17, 15) is 0 Å². The fraction of sp³-hybridized carbons (Fsp3) is 0.438. The van der Waals surface area contributed by atoms with Crippen molar-refractivity contribution in [1.29, 1.82) is 0 Å². The molecule has 2 unspecified atom stereocenters. The largest absolute Gasteiger partial charge is 0.380 e. The van der Waals surface area contributed by atoms with Crippen molar-refractivity contribution in [3.63, 3.8) is 0 Å². The van der Waals surface area contributed by atoms with Gasteiger partial charge in [-0.25, -0.2) is 4.98 Å². The minimum atomic E-state index is 0.716. The highest BCUT2D eigenvalue weighted by Gasteiger charge is 2.41. The van der Waals surface area contributed by atoms with Crippen LogP contribution >= 0.6 is 22.9 Å². The minimum absolute atomic E-state index is 0.716. The number of benzene rings is 1. The van der Waals surface area contributed by atoms with Gasteiger partial charge < -0.3 is 4.90 Å². The van der Waals surface area contributed by atoms with Crippen LogP contribution in [0.25, 0.3) is 15.8 Å². The van der Waals surface area contributed by atoms with Crippen molar-refractivity contribution < 1.29 is 0 Å². The molecule has 20 heavy (non-hydrogen) atoms. The fourth-order valence-corrected chi connectivity index (χ4v) is 5.20. The first-order valence-electron chi connectivity index (χ1n) is 7.11. The molecule has 2 aromatic rings. The summed E-state index contributed by atoms with van der Waals surface area (Å²) in [5.74, 6) is 1.47. The standard InChI is InChI=1S/C16H17ClN2S/c1-19(2)15-10-4-3-9(7-10)14(15)16-18-12-6-5-11(17)8-13(12)20-16/h5-6,8-10H,3-4,7H2,1-2H3. The number of hydrogen-bond acceptors (Lipinski definition) is 3. The summed E-state index contributed by atoms with van der Waals surface area (Å²) in [4.78, 5) is 7.17. The Morgan fingerprint density at radius 1 is 1.25 bits per heavy atom. The second-order valence-electron chi connectivity index (χ2n) is 6.03. The summed E-state index contributed by atoms with van der Waals surface area (Å²) < 4.78 is 1.20. The van der Waals surface area contributed by atoms with E-state index in [0.29, 0.717) is 5.92 Å². The van der Waals surface area contributed by atoms with Gasteiger partial charge in [0.1, 0.15) is 5.01 Å². The number of aromatic nitrogens is 1. The van der Waals surface area contributed by atoms with E-state index in [2.05, 4.69) is 19.0 Å². The number of nitrogens with zero attached hydrogens (tertiary/aromatic N) is 2. The Hall–Kier alpha value is -1.06. The summed E-state index contributed by atoms with van der Waals surface area (Å²) in [5.41, 5.74) is 4.10. The lowest BCUT2D eigenvalue weighted by Crippen LogP contribution is -2.18. The Kier molecular flexibility index (Phi) is 2.83. The Balaban J connectivity index is 1.89. The number of halogens is 1. The predicted molar refractivity (Wildman–Crippen MR) is 86.1 cm³/mol. The van der Waals surface area contributed by atoms with Crippen LogP contribution in [0.5, 0.6) is 0 Å². The summed E-state index contributed by atoms with van der Waals surface area (Å²) in [6.07, 6.45) is 3.99.